The number of nitrogens with two attached hydrogens (primary N) is 1. The Labute approximate surface area is 122 Å². The van der Waals surface area contributed by atoms with Crippen LogP contribution >= 0.6 is 0 Å². The molecular formula is C14H25N3O2S. The number of hydrogen-bond acceptors (Lipinski definition) is 4. The fourth-order valence-electron chi connectivity index (χ4n) is 1.96. The molecule has 20 heavy (non-hydrogen) atoms. The van der Waals surface area contributed by atoms with Crippen molar-refractivity contribution in [2.45, 2.75) is 39.7 Å². The van der Waals surface area contributed by atoms with Crippen molar-refractivity contribution in [2.24, 2.45) is 0 Å². The average Bonchev–Trinajstić information content (AvgIpc) is 2.35. The minimum absolute atomic E-state index is 0.361. The first-order valence-corrected chi connectivity index (χ1v) is 8.72. The number of rotatable bonds is 7. The highest BCUT2D eigenvalue weighted by atomic mass is 32.2. The summed E-state index contributed by atoms with van der Waals surface area (Å²) >= 11 is 0. The summed E-state index contributed by atoms with van der Waals surface area (Å²) in [4.78, 5) is 0. The van der Waals surface area contributed by atoms with Crippen molar-refractivity contribution in [1.82, 2.24) is 4.72 Å². The van der Waals surface area contributed by atoms with E-state index in [2.05, 4.69) is 23.9 Å². The van der Waals surface area contributed by atoms with Crippen molar-refractivity contribution >= 4 is 21.4 Å². The smallest absolute Gasteiger partial charge is 0.208 e. The Balaban J connectivity index is 2.92. The van der Waals surface area contributed by atoms with Gasteiger partial charge in [-0.3, -0.25) is 0 Å². The van der Waals surface area contributed by atoms with Crippen LogP contribution in [0, 0.1) is 6.92 Å². The largest absolute Gasteiger partial charge is 0.399 e. The van der Waals surface area contributed by atoms with Crippen molar-refractivity contribution in [1.29, 1.82) is 0 Å². The minimum atomic E-state index is -3.16. The van der Waals surface area contributed by atoms with Gasteiger partial charge in [-0.15, -0.1) is 0 Å². The molecule has 1 atom stereocenters. The molecule has 0 saturated carbocycles. The molecule has 0 radical (unpaired) electrons. The van der Waals surface area contributed by atoms with Gasteiger partial charge in [0.15, 0.2) is 0 Å². The van der Waals surface area contributed by atoms with E-state index >= 15 is 0 Å². The number of anilines is 2. The van der Waals surface area contributed by atoms with Crippen LogP contribution < -0.4 is 15.8 Å². The average molecular weight is 299 g/mol. The lowest BCUT2D eigenvalue weighted by molar-refractivity contribution is 0.588. The van der Waals surface area contributed by atoms with Gasteiger partial charge in [0.1, 0.15) is 0 Å². The van der Waals surface area contributed by atoms with E-state index in [9.17, 15) is 8.42 Å². The summed E-state index contributed by atoms with van der Waals surface area (Å²) in [5.74, 6) is 0. The fourth-order valence-corrected chi connectivity index (χ4v) is 2.43. The van der Waals surface area contributed by atoms with Crippen LogP contribution in [0.2, 0.25) is 0 Å². The Hall–Kier alpha value is -1.27. The molecule has 0 aromatic heterocycles. The van der Waals surface area contributed by atoms with Gasteiger partial charge in [-0.1, -0.05) is 6.92 Å². The molecule has 1 aromatic rings. The maximum Gasteiger partial charge on any atom is 0.208 e. The maximum atomic E-state index is 11.1. The Bertz CT molecular complexity index is 556. The van der Waals surface area contributed by atoms with Crippen LogP contribution in [-0.4, -0.2) is 27.3 Å². The molecule has 114 valence electrons. The molecule has 0 bridgehead atoms. The van der Waals surface area contributed by atoms with E-state index < -0.39 is 10.0 Å². The quantitative estimate of drug-likeness (QED) is 0.671. The maximum absolute atomic E-state index is 11.1. The van der Waals surface area contributed by atoms with Gasteiger partial charge < -0.3 is 11.1 Å². The van der Waals surface area contributed by atoms with E-state index in [1.165, 1.54) is 0 Å². The van der Waals surface area contributed by atoms with E-state index in [1.807, 2.05) is 19.1 Å². The molecule has 0 fully saturated rings. The van der Waals surface area contributed by atoms with Crippen LogP contribution in [0.15, 0.2) is 12.1 Å². The summed E-state index contributed by atoms with van der Waals surface area (Å²) in [6.07, 6.45) is 2.80. The Morgan fingerprint density at radius 1 is 1.35 bits per heavy atom. The predicted molar refractivity (Wildman–Crippen MR) is 85.5 cm³/mol. The summed E-state index contributed by atoms with van der Waals surface area (Å²) < 4.78 is 24.8. The molecule has 0 heterocycles. The lowest BCUT2D eigenvalue weighted by atomic mass is 10.0. The summed E-state index contributed by atoms with van der Waals surface area (Å²) in [6, 6.07) is 4.21. The number of benzene rings is 1. The first kappa shape index (κ1) is 16.8. The minimum Gasteiger partial charge on any atom is -0.399 e. The normalized spacial score (nSPS) is 13.2. The van der Waals surface area contributed by atoms with Gasteiger partial charge in [-0.05, 0) is 49.9 Å². The first-order valence-electron chi connectivity index (χ1n) is 6.83. The topological polar surface area (TPSA) is 84.2 Å². The number of nitrogen functional groups attached to an aromatic ring is 1. The number of hydrogen-bond donors (Lipinski definition) is 3. The second kappa shape index (κ2) is 6.95. The van der Waals surface area contributed by atoms with Crippen LogP contribution in [0.1, 0.15) is 31.4 Å². The van der Waals surface area contributed by atoms with Gasteiger partial charge in [0, 0.05) is 24.0 Å². The molecule has 0 aliphatic rings. The third-order valence-electron chi connectivity index (χ3n) is 3.39. The lowest BCUT2D eigenvalue weighted by Gasteiger charge is -2.19. The zero-order valence-electron chi connectivity index (χ0n) is 12.7. The summed E-state index contributed by atoms with van der Waals surface area (Å²) in [5, 5.41) is 3.44. The van der Waals surface area contributed by atoms with Gasteiger partial charge in [0.05, 0.1) is 6.26 Å². The second-order valence-electron chi connectivity index (χ2n) is 5.18. The van der Waals surface area contributed by atoms with E-state index in [-0.39, 0.29) is 0 Å². The van der Waals surface area contributed by atoms with Crippen LogP contribution in [0.3, 0.4) is 0 Å². The molecule has 0 aliphatic carbocycles. The summed E-state index contributed by atoms with van der Waals surface area (Å²) in [6.45, 7) is 6.57. The van der Waals surface area contributed by atoms with E-state index in [1.54, 1.807) is 0 Å². The number of sulfonamides is 1. The molecule has 0 spiro atoms. The van der Waals surface area contributed by atoms with Crippen molar-refractivity contribution < 1.29 is 8.42 Å². The predicted octanol–water partition coefficient (Wildman–Crippen LogP) is 1.88. The lowest BCUT2D eigenvalue weighted by Crippen LogP contribution is -2.25. The SMILES string of the molecule is CCC(C)Nc1ccc(N)c(C)c1CCNS(C)(=O)=O. The molecule has 1 aromatic carbocycles. The molecule has 1 unspecified atom stereocenters. The highest BCUT2D eigenvalue weighted by Crippen LogP contribution is 2.26. The Morgan fingerprint density at radius 3 is 2.55 bits per heavy atom. The zero-order valence-corrected chi connectivity index (χ0v) is 13.5. The fraction of sp³-hybridized carbons (Fsp3) is 0.571. The van der Waals surface area contributed by atoms with E-state index in [4.69, 9.17) is 5.73 Å². The first-order chi connectivity index (χ1) is 9.24. The van der Waals surface area contributed by atoms with Gasteiger partial charge in [0.25, 0.3) is 0 Å². The molecule has 1 rings (SSSR count). The highest BCUT2D eigenvalue weighted by molar-refractivity contribution is 7.88. The monoisotopic (exact) mass is 299 g/mol. The van der Waals surface area contributed by atoms with Crippen molar-refractivity contribution in [3.63, 3.8) is 0 Å². The van der Waals surface area contributed by atoms with Gasteiger partial charge in [-0.2, -0.15) is 0 Å². The van der Waals surface area contributed by atoms with Crippen LogP contribution in [-0.2, 0) is 16.4 Å². The van der Waals surface area contributed by atoms with Crippen LogP contribution in [0.25, 0.3) is 0 Å². The van der Waals surface area contributed by atoms with Gasteiger partial charge in [0.2, 0.25) is 10.0 Å². The van der Waals surface area contributed by atoms with Crippen molar-refractivity contribution in [3.8, 4) is 0 Å². The molecule has 0 aliphatic heterocycles. The molecule has 5 nitrogen and oxygen atoms in total. The summed E-state index contributed by atoms with van der Waals surface area (Å²) in [7, 11) is -3.16. The van der Waals surface area contributed by atoms with Gasteiger partial charge in [-0.25, -0.2) is 13.1 Å². The van der Waals surface area contributed by atoms with Crippen molar-refractivity contribution in [2.75, 3.05) is 23.9 Å². The number of nitrogens with one attached hydrogen (secondary N) is 2. The molecule has 4 N–H and O–H groups in total. The zero-order chi connectivity index (χ0) is 15.3. The molecular weight excluding hydrogens is 274 g/mol. The van der Waals surface area contributed by atoms with Gasteiger partial charge >= 0.3 is 0 Å². The molecule has 0 saturated heterocycles. The van der Waals surface area contributed by atoms with Crippen molar-refractivity contribution in [3.05, 3.63) is 23.3 Å². The third-order valence-corrected chi connectivity index (χ3v) is 4.12. The van der Waals surface area contributed by atoms with Crippen LogP contribution in [0.4, 0.5) is 11.4 Å². The second-order valence-corrected chi connectivity index (χ2v) is 7.01. The van der Waals surface area contributed by atoms with Crippen LogP contribution in [0.5, 0.6) is 0 Å². The van der Waals surface area contributed by atoms with E-state index in [0.29, 0.717) is 19.0 Å². The highest BCUT2D eigenvalue weighted by Gasteiger charge is 2.11. The Kier molecular flexibility index (Phi) is 5.83. The standard InChI is InChI=1S/C14H25N3O2S/c1-5-10(2)17-14-7-6-13(15)11(3)12(14)8-9-16-20(4,18)19/h6-7,10,16-17H,5,8-9,15H2,1-4H3. The Morgan fingerprint density at radius 2 is 2.00 bits per heavy atom. The molecule has 0 amide bonds. The summed E-state index contributed by atoms with van der Waals surface area (Å²) in [5.41, 5.74) is 9.78. The van der Waals surface area contributed by atoms with E-state index in [0.717, 1.165) is 35.2 Å². The molecule has 6 heteroatoms. The third kappa shape index (κ3) is 5.02.